The first-order valence-electron chi connectivity index (χ1n) is 8.84. The van der Waals surface area contributed by atoms with Gasteiger partial charge in [0.05, 0.1) is 12.7 Å². The molecule has 0 spiro atoms. The third-order valence-electron chi connectivity index (χ3n) is 4.98. The lowest BCUT2D eigenvalue weighted by Crippen LogP contribution is -2.36. The maximum atomic E-state index is 12.0. The zero-order valence-electron chi connectivity index (χ0n) is 13.5. The van der Waals surface area contributed by atoms with E-state index in [2.05, 4.69) is 17.6 Å². The minimum Gasteiger partial charge on any atom is -0.376 e. The van der Waals surface area contributed by atoms with Crippen molar-refractivity contribution < 1.29 is 9.53 Å². The summed E-state index contributed by atoms with van der Waals surface area (Å²) >= 11 is 0. The van der Waals surface area contributed by atoms with E-state index in [9.17, 15) is 4.79 Å². The van der Waals surface area contributed by atoms with Gasteiger partial charge in [-0.05, 0) is 50.6 Å². The van der Waals surface area contributed by atoms with Crippen LogP contribution < -0.4 is 10.6 Å². The number of rotatable bonds is 7. The number of hydrogen-bond donors (Lipinski definition) is 2. The summed E-state index contributed by atoms with van der Waals surface area (Å²) in [7, 11) is 0. The molecule has 1 aliphatic carbocycles. The lowest BCUT2D eigenvalue weighted by Gasteiger charge is -2.28. The van der Waals surface area contributed by atoms with Crippen molar-refractivity contribution in [2.75, 3.05) is 26.2 Å². The Bertz CT molecular complexity index is 297. The molecule has 1 aliphatic heterocycles. The molecular formula is C17H32N2O2. The van der Waals surface area contributed by atoms with E-state index in [4.69, 9.17) is 4.74 Å². The lowest BCUT2D eigenvalue weighted by molar-refractivity contribution is -0.122. The number of carbonyl (C=O) groups is 1. The molecule has 2 N–H and O–H groups in total. The van der Waals surface area contributed by atoms with Gasteiger partial charge in [0, 0.05) is 13.0 Å². The minimum absolute atomic E-state index is 0.181. The van der Waals surface area contributed by atoms with Crippen molar-refractivity contribution in [3.05, 3.63) is 0 Å². The highest BCUT2D eigenvalue weighted by molar-refractivity contribution is 5.76. The van der Waals surface area contributed by atoms with Crippen molar-refractivity contribution >= 4 is 5.91 Å². The van der Waals surface area contributed by atoms with Crippen molar-refractivity contribution in [2.24, 2.45) is 11.8 Å². The van der Waals surface area contributed by atoms with Crippen molar-refractivity contribution in [1.82, 2.24) is 10.6 Å². The van der Waals surface area contributed by atoms with Crippen LogP contribution in [0.25, 0.3) is 0 Å². The number of hydrogen-bond acceptors (Lipinski definition) is 3. The van der Waals surface area contributed by atoms with Gasteiger partial charge in [-0.25, -0.2) is 0 Å². The molecule has 1 saturated heterocycles. The second kappa shape index (κ2) is 9.42. The number of piperidine rings is 1. The number of amides is 1. The largest absolute Gasteiger partial charge is 0.376 e. The maximum absolute atomic E-state index is 12.0. The molecule has 122 valence electrons. The van der Waals surface area contributed by atoms with Gasteiger partial charge < -0.3 is 15.4 Å². The summed E-state index contributed by atoms with van der Waals surface area (Å²) in [4.78, 5) is 12.0. The molecule has 2 aliphatic rings. The van der Waals surface area contributed by atoms with Gasteiger partial charge in [0.2, 0.25) is 5.91 Å². The Morgan fingerprint density at radius 2 is 2.05 bits per heavy atom. The Hall–Kier alpha value is -0.610. The van der Waals surface area contributed by atoms with Crippen molar-refractivity contribution in [1.29, 1.82) is 0 Å². The van der Waals surface area contributed by atoms with Crippen LogP contribution in [0.2, 0.25) is 0 Å². The SMILES string of the molecule is CC(CC(=O)NCCOC1CCCCC1)C1CCCNC1. The number of ether oxygens (including phenoxy) is 1. The number of carbonyl (C=O) groups excluding carboxylic acids is 1. The standard InChI is InChI=1S/C17H32N2O2/c1-14(15-6-5-9-18-13-15)12-17(20)19-10-11-21-16-7-3-2-4-8-16/h14-16,18H,2-13H2,1H3,(H,19,20). The number of nitrogens with one attached hydrogen (secondary N) is 2. The van der Waals surface area contributed by atoms with Crippen LogP contribution >= 0.6 is 0 Å². The fourth-order valence-corrected chi connectivity index (χ4v) is 3.54. The Balaban J connectivity index is 1.52. The predicted molar refractivity (Wildman–Crippen MR) is 85.2 cm³/mol. The highest BCUT2D eigenvalue weighted by Gasteiger charge is 2.21. The molecule has 2 unspecified atom stereocenters. The normalized spacial score (nSPS) is 25.5. The zero-order valence-corrected chi connectivity index (χ0v) is 13.5. The molecule has 0 bridgehead atoms. The highest BCUT2D eigenvalue weighted by atomic mass is 16.5. The van der Waals surface area contributed by atoms with Gasteiger partial charge in [-0.2, -0.15) is 0 Å². The average molecular weight is 296 g/mol. The second-order valence-electron chi connectivity index (χ2n) is 6.77. The Morgan fingerprint density at radius 3 is 2.76 bits per heavy atom. The first-order valence-corrected chi connectivity index (χ1v) is 8.84. The third-order valence-corrected chi connectivity index (χ3v) is 4.98. The molecule has 1 amide bonds. The predicted octanol–water partition coefficient (Wildman–Crippen LogP) is 2.48. The Labute approximate surface area is 129 Å². The van der Waals surface area contributed by atoms with Crippen LogP contribution in [-0.2, 0) is 9.53 Å². The van der Waals surface area contributed by atoms with Gasteiger partial charge >= 0.3 is 0 Å². The van der Waals surface area contributed by atoms with E-state index in [0.29, 0.717) is 37.5 Å². The lowest BCUT2D eigenvalue weighted by atomic mass is 9.85. The molecule has 1 saturated carbocycles. The van der Waals surface area contributed by atoms with Gasteiger partial charge in [0.25, 0.3) is 0 Å². The van der Waals surface area contributed by atoms with Gasteiger partial charge in [0.15, 0.2) is 0 Å². The van der Waals surface area contributed by atoms with E-state index >= 15 is 0 Å². The monoisotopic (exact) mass is 296 g/mol. The smallest absolute Gasteiger partial charge is 0.220 e. The van der Waals surface area contributed by atoms with Crippen molar-refractivity contribution in [3.63, 3.8) is 0 Å². The summed E-state index contributed by atoms with van der Waals surface area (Å²) in [6, 6.07) is 0. The average Bonchev–Trinajstić information content (AvgIpc) is 2.53. The maximum Gasteiger partial charge on any atom is 0.220 e. The molecule has 21 heavy (non-hydrogen) atoms. The summed E-state index contributed by atoms with van der Waals surface area (Å²) in [5.41, 5.74) is 0. The summed E-state index contributed by atoms with van der Waals surface area (Å²) in [5, 5.41) is 6.43. The molecule has 0 aromatic heterocycles. The van der Waals surface area contributed by atoms with Crippen molar-refractivity contribution in [3.8, 4) is 0 Å². The summed E-state index contributed by atoms with van der Waals surface area (Å²) in [6.45, 7) is 5.73. The molecule has 0 aromatic rings. The van der Waals surface area contributed by atoms with Crippen LogP contribution in [0.3, 0.4) is 0 Å². The molecule has 1 heterocycles. The van der Waals surface area contributed by atoms with Crippen LogP contribution in [-0.4, -0.2) is 38.3 Å². The summed E-state index contributed by atoms with van der Waals surface area (Å²) in [5.74, 6) is 1.31. The third kappa shape index (κ3) is 6.35. The van der Waals surface area contributed by atoms with Crippen LogP contribution in [0.4, 0.5) is 0 Å². The minimum atomic E-state index is 0.181. The Morgan fingerprint density at radius 1 is 1.24 bits per heavy atom. The van der Waals surface area contributed by atoms with E-state index in [1.54, 1.807) is 0 Å². The molecule has 2 fully saturated rings. The quantitative estimate of drug-likeness (QED) is 0.710. The second-order valence-corrected chi connectivity index (χ2v) is 6.77. The van der Waals surface area contributed by atoms with E-state index in [1.165, 1.54) is 44.9 Å². The van der Waals surface area contributed by atoms with Gasteiger partial charge in [-0.3, -0.25) is 4.79 Å². The first-order chi connectivity index (χ1) is 10.3. The molecule has 0 aromatic carbocycles. The highest BCUT2D eigenvalue weighted by Crippen LogP contribution is 2.22. The first kappa shape index (κ1) is 16.8. The fraction of sp³-hybridized carbons (Fsp3) is 0.941. The van der Waals surface area contributed by atoms with Crippen LogP contribution in [0.5, 0.6) is 0 Å². The topological polar surface area (TPSA) is 50.4 Å². The van der Waals surface area contributed by atoms with Gasteiger partial charge in [-0.15, -0.1) is 0 Å². The van der Waals surface area contributed by atoms with E-state index in [1.807, 2.05) is 0 Å². The van der Waals surface area contributed by atoms with Gasteiger partial charge in [0.1, 0.15) is 0 Å². The van der Waals surface area contributed by atoms with Crippen LogP contribution in [0.15, 0.2) is 0 Å². The summed E-state index contributed by atoms with van der Waals surface area (Å²) in [6.07, 6.45) is 9.91. The van der Waals surface area contributed by atoms with Crippen LogP contribution in [0, 0.1) is 11.8 Å². The van der Waals surface area contributed by atoms with Gasteiger partial charge in [-0.1, -0.05) is 26.2 Å². The van der Waals surface area contributed by atoms with E-state index < -0.39 is 0 Å². The van der Waals surface area contributed by atoms with Crippen molar-refractivity contribution in [2.45, 2.75) is 64.4 Å². The molecule has 0 radical (unpaired) electrons. The Kier molecular flexibility index (Phi) is 7.51. The zero-order chi connectivity index (χ0) is 14.9. The summed E-state index contributed by atoms with van der Waals surface area (Å²) < 4.78 is 5.83. The molecular weight excluding hydrogens is 264 g/mol. The van der Waals surface area contributed by atoms with Crippen LogP contribution in [0.1, 0.15) is 58.3 Å². The fourth-order valence-electron chi connectivity index (χ4n) is 3.54. The molecule has 2 rings (SSSR count). The molecule has 4 nitrogen and oxygen atoms in total. The molecule has 4 heteroatoms. The van der Waals surface area contributed by atoms with E-state index in [-0.39, 0.29) is 5.91 Å². The molecule has 2 atom stereocenters. The van der Waals surface area contributed by atoms with E-state index in [0.717, 1.165) is 13.1 Å².